The van der Waals surface area contributed by atoms with Gasteiger partial charge in [0.05, 0.1) is 19.8 Å². The number of Topliss-reactive ketones (excluding diaryl/α,β-unsaturated/α-hetero) is 1. The average Bonchev–Trinajstić information content (AvgIpc) is 2.44. The van der Waals surface area contributed by atoms with Crippen molar-refractivity contribution in [3.05, 3.63) is 29.8 Å². The largest absolute Gasteiger partial charge is 0.497 e. The van der Waals surface area contributed by atoms with E-state index in [2.05, 4.69) is 0 Å². The standard InChI is InChI=1S/C15H22O4/c1-5-18-10-11(2)19-12(3)15(16)13-6-8-14(17-4)9-7-13/h6-9,11-12H,5,10H2,1-4H3. The van der Waals surface area contributed by atoms with Gasteiger partial charge in [0.25, 0.3) is 0 Å². The molecule has 1 aromatic rings. The minimum Gasteiger partial charge on any atom is -0.497 e. The number of benzene rings is 1. The molecule has 2 unspecified atom stereocenters. The Hall–Kier alpha value is -1.39. The van der Waals surface area contributed by atoms with Gasteiger partial charge in [0.2, 0.25) is 0 Å². The zero-order valence-electron chi connectivity index (χ0n) is 12.0. The van der Waals surface area contributed by atoms with Gasteiger partial charge >= 0.3 is 0 Å². The van der Waals surface area contributed by atoms with Crippen molar-refractivity contribution in [3.63, 3.8) is 0 Å². The highest BCUT2D eigenvalue weighted by Crippen LogP contribution is 2.14. The first-order valence-corrected chi connectivity index (χ1v) is 6.50. The minimum absolute atomic E-state index is 0.0361. The lowest BCUT2D eigenvalue weighted by Gasteiger charge is -2.18. The summed E-state index contributed by atoms with van der Waals surface area (Å²) in [4.78, 5) is 12.1. The van der Waals surface area contributed by atoms with E-state index in [1.54, 1.807) is 38.3 Å². The van der Waals surface area contributed by atoms with E-state index in [4.69, 9.17) is 14.2 Å². The van der Waals surface area contributed by atoms with Crippen molar-refractivity contribution in [1.82, 2.24) is 0 Å². The first-order chi connectivity index (χ1) is 9.08. The molecular weight excluding hydrogens is 244 g/mol. The van der Waals surface area contributed by atoms with E-state index < -0.39 is 6.10 Å². The molecule has 4 nitrogen and oxygen atoms in total. The third-order valence-electron chi connectivity index (χ3n) is 2.74. The molecule has 0 bridgehead atoms. The SMILES string of the molecule is CCOCC(C)OC(C)C(=O)c1ccc(OC)cc1. The Bertz CT molecular complexity index is 386. The molecule has 106 valence electrons. The highest BCUT2D eigenvalue weighted by atomic mass is 16.5. The van der Waals surface area contributed by atoms with Crippen LogP contribution in [0.3, 0.4) is 0 Å². The highest BCUT2D eigenvalue weighted by Gasteiger charge is 2.18. The van der Waals surface area contributed by atoms with Crippen molar-refractivity contribution in [2.24, 2.45) is 0 Å². The maximum absolute atomic E-state index is 12.1. The second kappa shape index (κ2) is 7.92. The molecule has 0 aliphatic heterocycles. The van der Waals surface area contributed by atoms with Crippen molar-refractivity contribution in [3.8, 4) is 5.75 Å². The summed E-state index contributed by atoms with van der Waals surface area (Å²) in [5.41, 5.74) is 0.622. The number of carbonyl (C=O) groups is 1. The van der Waals surface area contributed by atoms with Gasteiger partial charge in [0.1, 0.15) is 11.9 Å². The molecular formula is C15H22O4. The maximum Gasteiger partial charge on any atom is 0.191 e. The second-order valence-electron chi connectivity index (χ2n) is 4.34. The van der Waals surface area contributed by atoms with Gasteiger partial charge in [0.15, 0.2) is 5.78 Å². The summed E-state index contributed by atoms with van der Waals surface area (Å²) in [6.45, 7) is 6.73. The lowest BCUT2D eigenvalue weighted by Crippen LogP contribution is -2.28. The third-order valence-corrected chi connectivity index (χ3v) is 2.74. The van der Waals surface area contributed by atoms with E-state index in [1.165, 1.54) is 0 Å². The van der Waals surface area contributed by atoms with Crippen LogP contribution in [-0.4, -0.2) is 38.3 Å². The number of rotatable bonds is 8. The summed E-state index contributed by atoms with van der Waals surface area (Å²) in [6, 6.07) is 7.02. The van der Waals surface area contributed by atoms with Gasteiger partial charge in [-0.15, -0.1) is 0 Å². The van der Waals surface area contributed by atoms with Crippen molar-refractivity contribution < 1.29 is 19.0 Å². The monoisotopic (exact) mass is 266 g/mol. The van der Waals surface area contributed by atoms with E-state index in [1.807, 2.05) is 13.8 Å². The summed E-state index contributed by atoms with van der Waals surface area (Å²) in [5, 5.41) is 0. The Morgan fingerprint density at radius 3 is 2.37 bits per heavy atom. The van der Waals surface area contributed by atoms with Crippen LogP contribution >= 0.6 is 0 Å². The number of hydrogen-bond donors (Lipinski definition) is 0. The number of hydrogen-bond acceptors (Lipinski definition) is 4. The minimum atomic E-state index is -0.483. The number of carbonyl (C=O) groups excluding carboxylic acids is 1. The fraction of sp³-hybridized carbons (Fsp3) is 0.533. The van der Waals surface area contributed by atoms with Crippen LogP contribution < -0.4 is 4.74 Å². The molecule has 0 saturated carbocycles. The van der Waals surface area contributed by atoms with Gasteiger partial charge in [0, 0.05) is 12.2 Å². The molecule has 1 aromatic carbocycles. The van der Waals surface area contributed by atoms with Crippen molar-refractivity contribution in [1.29, 1.82) is 0 Å². The Balaban J connectivity index is 2.55. The van der Waals surface area contributed by atoms with Crippen LogP contribution in [0.2, 0.25) is 0 Å². The summed E-state index contributed by atoms with van der Waals surface area (Å²) >= 11 is 0. The first kappa shape index (κ1) is 15.7. The molecule has 0 saturated heterocycles. The van der Waals surface area contributed by atoms with Gasteiger partial charge in [-0.25, -0.2) is 0 Å². The Kier molecular flexibility index (Phi) is 6.53. The summed E-state index contributed by atoms with van der Waals surface area (Å²) in [5.74, 6) is 0.695. The molecule has 4 heteroatoms. The quantitative estimate of drug-likeness (QED) is 0.679. The van der Waals surface area contributed by atoms with E-state index in [-0.39, 0.29) is 11.9 Å². The van der Waals surface area contributed by atoms with Crippen LogP contribution in [-0.2, 0) is 9.47 Å². The fourth-order valence-corrected chi connectivity index (χ4v) is 1.72. The van der Waals surface area contributed by atoms with Crippen LogP contribution in [0.1, 0.15) is 31.1 Å². The summed E-state index contributed by atoms with van der Waals surface area (Å²) in [6.07, 6.45) is -0.582. The molecule has 2 atom stereocenters. The van der Waals surface area contributed by atoms with Crippen LogP contribution in [0.15, 0.2) is 24.3 Å². The molecule has 0 amide bonds. The zero-order valence-corrected chi connectivity index (χ0v) is 12.0. The first-order valence-electron chi connectivity index (χ1n) is 6.50. The lowest BCUT2D eigenvalue weighted by atomic mass is 10.1. The van der Waals surface area contributed by atoms with E-state index in [9.17, 15) is 4.79 Å². The molecule has 19 heavy (non-hydrogen) atoms. The van der Waals surface area contributed by atoms with Gasteiger partial charge < -0.3 is 14.2 Å². The smallest absolute Gasteiger partial charge is 0.191 e. The topological polar surface area (TPSA) is 44.8 Å². The Morgan fingerprint density at radius 2 is 1.84 bits per heavy atom. The van der Waals surface area contributed by atoms with Crippen LogP contribution in [0, 0.1) is 0 Å². The van der Waals surface area contributed by atoms with Gasteiger partial charge in [-0.1, -0.05) is 0 Å². The van der Waals surface area contributed by atoms with Gasteiger partial charge in [-0.05, 0) is 45.0 Å². The second-order valence-corrected chi connectivity index (χ2v) is 4.34. The molecule has 0 N–H and O–H groups in total. The lowest BCUT2D eigenvalue weighted by molar-refractivity contribution is -0.0296. The normalized spacial score (nSPS) is 13.9. The highest BCUT2D eigenvalue weighted by molar-refractivity contribution is 5.99. The van der Waals surface area contributed by atoms with Crippen LogP contribution in [0.4, 0.5) is 0 Å². The van der Waals surface area contributed by atoms with Gasteiger partial charge in [-0.2, -0.15) is 0 Å². The number of methoxy groups -OCH3 is 1. The summed E-state index contributed by atoms with van der Waals surface area (Å²) < 4.78 is 15.9. The maximum atomic E-state index is 12.1. The zero-order chi connectivity index (χ0) is 14.3. The average molecular weight is 266 g/mol. The fourth-order valence-electron chi connectivity index (χ4n) is 1.72. The summed E-state index contributed by atoms with van der Waals surface area (Å²) in [7, 11) is 1.60. The molecule has 0 fully saturated rings. The van der Waals surface area contributed by atoms with E-state index >= 15 is 0 Å². The molecule has 0 aromatic heterocycles. The van der Waals surface area contributed by atoms with Crippen molar-refractivity contribution in [2.45, 2.75) is 33.0 Å². The Morgan fingerprint density at radius 1 is 1.21 bits per heavy atom. The molecule has 0 aliphatic carbocycles. The Labute approximate surface area is 114 Å². The van der Waals surface area contributed by atoms with Crippen molar-refractivity contribution in [2.75, 3.05) is 20.3 Å². The molecule has 0 heterocycles. The van der Waals surface area contributed by atoms with Crippen molar-refractivity contribution >= 4 is 5.78 Å². The number of ether oxygens (including phenoxy) is 3. The number of ketones is 1. The van der Waals surface area contributed by atoms with Crippen LogP contribution in [0.5, 0.6) is 5.75 Å². The molecule has 0 spiro atoms. The molecule has 1 rings (SSSR count). The molecule has 0 radical (unpaired) electrons. The predicted octanol–water partition coefficient (Wildman–Crippen LogP) is 2.71. The van der Waals surface area contributed by atoms with Gasteiger partial charge in [-0.3, -0.25) is 4.79 Å². The van der Waals surface area contributed by atoms with E-state index in [0.29, 0.717) is 18.8 Å². The predicted molar refractivity (Wildman–Crippen MR) is 73.8 cm³/mol. The van der Waals surface area contributed by atoms with Crippen LogP contribution in [0.25, 0.3) is 0 Å². The van der Waals surface area contributed by atoms with E-state index in [0.717, 1.165) is 5.75 Å². The third kappa shape index (κ3) is 5.01. The molecule has 0 aliphatic rings.